The van der Waals surface area contributed by atoms with Crippen molar-refractivity contribution in [1.82, 2.24) is 36.2 Å². The zero-order chi connectivity index (χ0) is 40.6. The normalized spacial score (nSPS) is 10.7. The fraction of sp³-hybridized carbons (Fsp3) is 0.767. The molecule has 0 heterocycles. The van der Waals surface area contributed by atoms with Gasteiger partial charge in [-0.25, -0.2) is 15.2 Å². The van der Waals surface area contributed by atoms with Crippen LogP contribution >= 0.6 is 22.6 Å². The number of nitrogens with zero attached hydrogens (tertiary/aromatic N) is 4. The van der Waals surface area contributed by atoms with Crippen LogP contribution in [0.15, 0.2) is 0 Å². The van der Waals surface area contributed by atoms with Gasteiger partial charge in [0.05, 0.1) is 78.9 Å². The lowest BCUT2D eigenvalue weighted by atomic mass is 10.2. The Bertz CT molecular complexity index is 1130. The van der Waals surface area contributed by atoms with Crippen LogP contribution in [0.3, 0.4) is 0 Å². The van der Waals surface area contributed by atoms with Gasteiger partial charge in [-0.3, -0.25) is 54.4 Å². The van der Waals surface area contributed by atoms with Crippen LogP contribution in [0.25, 0.3) is 0 Å². The molecule has 0 saturated carbocycles. The molecule has 0 aliphatic carbocycles. The van der Waals surface area contributed by atoms with Crippen molar-refractivity contribution in [2.45, 2.75) is 39.0 Å². The average molecular weight is 896 g/mol. The van der Waals surface area contributed by atoms with Crippen LogP contribution in [0.5, 0.6) is 0 Å². The van der Waals surface area contributed by atoms with Crippen molar-refractivity contribution in [2.24, 2.45) is 0 Å². The van der Waals surface area contributed by atoms with E-state index < -0.39 is 54.7 Å². The Kier molecular flexibility index (Phi) is 31.0. The Hall–Kier alpha value is -3.34. The minimum Gasteiger partial charge on any atom is -0.380 e. The number of hydrogen-bond acceptors (Lipinski definition) is 16. The van der Waals surface area contributed by atoms with E-state index in [0.717, 1.165) is 4.43 Å². The number of amides is 7. The van der Waals surface area contributed by atoms with Gasteiger partial charge in [-0.2, -0.15) is 5.06 Å². The van der Waals surface area contributed by atoms with Gasteiger partial charge in [0, 0.05) is 56.7 Å². The van der Waals surface area contributed by atoms with Crippen molar-refractivity contribution in [3.05, 3.63) is 0 Å². The maximum absolute atomic E-state index is 12.1. The smallest absolute Gasteiger partial charge is 0.250 e. The molecule has 7 N–H and O–H groups in total. The van der Waals surface area contributed by atoms with Crippen LogP contribution in [0.1, 0.15) is 39.0 Å². The molecule has 7 amide bonds. The Morgan fingerprint density at radius 3 is 1.33 bits per heavy atom. The molecule has 0 saturated heterocycles. The Labute approximate surface area is 326 Å². The van der Waals surface area contributed by atoms with E-state index in [4.69, 9.17) is 23.7 Å². The number of hydroxylamine groups is 8. The lowest BCUT2D eigenvalue weighted by Gasteiger charge is -2.16. The first-order chi connectivity index (χ1) is 25.8. The summed E-state index contributed by atoms with van der Waals surface area (Å²) < 4.78 is 26.6. The molecule has 0 rings (SSSR count). The summed E-state index contributed by atoms with van der Waals surface area (Å²) in [7, 11) is 0. The summed E-state index contributed by atoms with van der Waals surface area (Å²) in [5, 5.41) is 47.7. The van der Waals surface area contributed by atoms with Crippen LogP contribution in [-0.2, 0) is 57.2 Å². The summed E-state index contributed by atoms with van der Waals surface area (Å²) in [6.07, 6.45) is -0.932. The van der Waals surface area contributed by atoms with E-state index in [2.05, 4.69) is 38.5 Å². The van der Waals surface area contributed by atoms with E-state index in [0.29, 0.717) is 26.9 Å². The summed E-state index contributed by atoms with van der Waals surface area (Å²) in [6.45, 7) is 1.10. The van der Waals surface area contributed by atoms with Gasteiger partial charge in [-0.1, -0.05) is 22.6 Å². The molecule has 23 nitrogen and oxygen atoms in total. The molecule has 24 heteroatoms. The lowest BCUT2D eigenvalue weighted by molar-refractivity contribution is -0.189. The van der Waals surface area contributed by atoms with Gasteiger partial charge in [0.25, 0.3) is 0 Å². The van der Waals surface area contributed by atoms with Crippen molar-refractivity contribution < 1.29 is 78.1 Å². The van der Waals surface area contributed by atoms with Crippen LogP contribution in [0, 0.1) is 0 Å². The number of nitrogens with one attached hydrogen (secondary N) is 3. The molecule has 0 unspecified atom stereocenters. The molecular weight excluding hydrogens is 841 g/mol. The molecule has 0 aromatic rings. The highest BCUT2D eigenvalue weighted by Crippen LogP contribution is 1.98. The van der Waals surface area contributed by atoms with E-state index in [1.165, 1.54) is 6.92 Å². The number of rotatable bonds is 33. The fourth-order valence-corrected chi connectivity index (χ4v) is 3.93. The van der Waals surface area contributed by atoms with Crippen molar-refractivity contribution in [3.8, 4) is 0 Å². The summed E-state index contributed by atoms with van der Waals surface area (Å²) in [4.78, 5) is 82.2. The molecule has 0 bridgehead atoms. The minimum atomic E-state index is -0.711. The van der Waals surface area contributed by atoms with Crippen molar-refractivity contribution in [3.63, 3.8) is 0 Å². The topological polar surface area (TPSA) is 296 Å². The van der Waals surface area contributed by atoms with Gasteiger partial charge in [0.15, 0.2) is 0 Å². The number of alkyl halides is 1. The number of hydrogen-bond donors (Lipinski definition) is 7. The fourth-order valence-electron chi connectivity index (χ4n) is 3.62. The summed E-state index contributed by atoms with van der Waals surface area (Å²) in [6, 6.07) is 0. The van der Waals surface area contributed by atoms with Crippen molar-refractivity contribution in [2.75, 3.05) is 110 Å². The van der Waals surface area contributed by atoms with Gasteiger partial charge in [-0.15, -0.1) is 0 Å². The maximum Gasteiger partial charge on any atom is 0.250 e. The molecule has 0 fully saturated rings. The second kappa shape index (κ2) is 33.0. The highest BCUT2D eigenvalue weighted by atomic mass is 127. The van der Waals surface area contributed by atoms with E-state index >= 15 is 0 Å². The van der Waals surface area contributed by atoms with Gasteiger partial charge in [0.1, 0.15) is 13.3 Å². The predicted octanol–water partition coefficient (Wildman–Crippen LogP) is -2.35. The van der Waals surface area contributed by atoms with E-state index in [1.54, 1.807) is 0 Å². The highest BCUT2D eigenvalue weighted by molar-refractivity contribution is 14.1. The van der Waals surface area contributed by atoms with Gasteiger partial charge in [-0.05, 0) is 0 Å². The second-order valence-corrected chi connectivity index (χ2v) is 12.0. The molecule has 54 heavy (non-hydrogen) atoms. The van der Waals surface area contributed by atoms with E-state index in [-0.39, 0.29) is 118 Å². The molecule has 0 aliphatic heterocycles. The molecule has 0 radical (unpaired) electrons. The number of carbonyl (C=O) groups is 7. The molecule has 0 atom stereocenters. The van der Waals surface area contributed by atoms with Crippen LogP contribution in [0.2, 0.25) is 0 Å². The number of carbonyl (C=O) groups excluding carboxylic acids is 7. The first-order valence-corrected chi connectivity index (χ1v) is 18.5. The van der Waals surface area contributed by atoms with Crippen LogP contribution in [-0.4, -0.2) is 192 Å². The van der Waals surface area contributed by atoms with E-state index in [9.17, 15) is 54.4 Å². The summed E-state index contributed by atoms with van der Waals surface area (Å²) in [5.74, 6) is -3.96. The Balaban J connectivity index is 3.80. The third-order valence-electron chi connectivity index (χ3n) is 6.54. The zero-order valence-corrected chi connectivity index (χ0v) is 32.6. The standard InChI is InChI=1S/C30H54IN7O16/c1-24(39)35(46)11-19-51-16-8-32-25(40)2-4-28(43)36(47)12-20-52-17-9-33-26(41)3-5-29(44)37(48)13-21-53-18-10-34-27(42)22-54-23-38(49)30(45)6-14-50-15-7-31/h46-49H,2-23H2,1H3,(H,32,40)(H,33,41)(H,34,42). The third kappa shape index (κ3) is 29.1. The number of halogens is 1. The first kappa shape index (κ1) is 50.7. The third-order valence-corrected chi connectivity index (χ3v) is 6.98. The minimum absolute atomic E-state index is 0.0148. The Morgan fingerprint density at radius 1 is 0.481 bits per heavy atom. The molecule has 0 aromatic carbocycles. The molecule has 0 aromatic heterocycles. The zero-order valence-electron chi connectivity index (χ0n) is 30.4. The number of ether oxygens (including phenoxy) is 5. The largest absolute Gasteiger partial charge is 0.380 e. The van der Waals surface area contributed by atoms with Gasteiger partial charge >= 0.3 is 0 Å². The summed E-state index contributed by atoms with van der Waals surface area (Å²) >= 11 is 2.12. The maximum atomic E-state index is 12.1. The van der Waals surface area contributed by atoms with Crippen LogP contribution < -0.4 is 16.0 Å². The Morgan fingerprint density at radius 2 is 0.889 bits per heavy atom. The van der Waals surface area contributed by atoms with Gasteiger partial charge < -0.3 is 39.6 Å². The highest BCUT2D eigenvalue weighted by Gasteiger charge is 2.15. The predicted molar refractivity (Wildman–Crippen MR) is 190 cm³/mol. The quantitative estimate of drug-likeness (QED) is 0.00907. The van der Waals surface area contributed by atoms with E-state index in [1.807, 2.05) is 0 Å². The SMILES string of the molecule is CC(=O)N(O)CCOCCNC(=O)CCC(=O)N(O)CCOCCNC(=O)CCC(=O)N(O)CCOCCNC(=O)COCN(O)C(=O)CCOCCI. The molecular formula is C30H54IN7O16. The second-order valence-electron chi connectivity index (χ2n) is 10.9. The van der Waals surface area contributed by atoms with Crippen molar-refractivity contribution >= 4 is 63.9 Å². The average Bonchev–Trinajstić information content (AvgIpc) is 3.14. The summed E-state index contributed by atoms with van der Waals surface area (Å²) in [5.41, 5.74) is 0. The van der Waals surface area contributed by atoms with Crippen LogP contribution in [0.4, 0.5) is 0 Å². The molecule has 0 aliphatic rings. The monoisotopic (exact) mass is 895 g/mol. The first-order valence-electron chi connectivity index (χ1n) is 17.0. The lowest BCUT2D eigenvalue weighted by Crippen LogP contribution is -2.35. The molecule has 0 spiro atoms. The van der Waals surface area contributed by atoms with Crippen molar-refractivity contribution in [1.29, 1.82) is 0 Å². The molecule has 312 valence electrons. The van der Waals surface area contributed by atoms with Gasteiger partial charge in [0.2, 0.25) is 41.4 Å².